The van der Waals surface area contributed by atoms with E-state index in [1.165, 1.54) is 14.2 Å². The molecule has 1 unspecified atom stereocenters. The zero-order valence-corrected chi connectivity index (χ0v) is 17.5. The second-order valence-electron chi connectivity index (χ2n) is 7.07. The molecule has 1 saturated heterocycles. The lowest BCUT2D eigenvalue weighted by molar-refractivity contribution is -0.140. The predicted molar refractivity (Wildman–Crippen MR) is 103 cm³/mol. The molecule has 1 aromatic carbocycles. The minimum atomic E-state index is -0.617. The lowest BCUT2D eigenvalue weighted by atomic mass is 9.66. The van der Waals surface area contributed by atoms with Crippen molar-refractivity contribution in [3.63, 3.8) is 0 Å². The highest BCUT2D eigenvalue weighted by Crippen LogP contribution is 2.43. The largest absolute Gasteiger partial charge is 0.504 e. The number of aromatic hydroxyl groups is 1. The van der Waals surface area contributed by atoms with E-state index in [4.69, 9.17) is 18.8 Å². The van der Waals surface area contributed by atoms with Gasteiger partial charge < -0.3 is 23.9 Å². The standard InChI is InChI=1S/C17H24BIO6/c1-16(2)17(3,4)25-18(24-16)11(9-14(20)23-6)10-7-12(19)15(21)13(8-10)22-5/h7-8,11,21H,9H2,1-6H3. The van der Waals surface area contributed by atoms with Gasteiger partial charge in [-0.15, -0.1) is 0 Å². The zero-order valence-electron chi connectivity index (χ0n) is 15.4. The molecule has 1 heterocycles. The molecule has 1 aliphatic heterocycles. The van der Waals surface area contributed by atoms with Crippen molar-refractivity contribution >= 4 is 35.7 Å². The summed E-state index contributed by atoms with van der Waals surface area (Å²) in [6.07, 6.45) is 0.0946. The summed E-state index contributed by atoms with van der Waals surface area (Å²) in [6.45, 7) is 7.85. The van der Waals surface area contributed by atoms with Crippen LogP contribution in [0.4, 0.5) is 0 Å². The Morgan fingerprint density at radius 3 is 2.28 bits per heavy atom. The van der Waals surface area contributed by atoms with Gasteiger partial charge in [0.05, 0.1) is 35.4 Å². The van der Waals surface area contributed by atoms with E-state index >= 15 is 0 Å². The number of rotatable bonds is 5. The van der Waals surface area contributed by atoms with E-state index in [1.807, 2.05) is 50.3 Å². The fraction of sp³-hybridized carbons (Fsp3) is 0.588. The van der Waals surface area contributed by atoms with E-state index in [-0.39, 0.29) is 18.1 Å². The summed E-state index contributed by atoms with van der Waals surface area (Å²) in [4.78, 5) is 12.0. The highest BCUT2D eigenvalue weighted by molar-refractivity contribution is 14.1. The average molecular weight is 462 g/mol. The monoisotopic (exact) mass is 462 g/mol. The second kappa shape index (κ2) is 7.32. The molecule has 8 heteroatoms. The highest BCUT2D eigenvalue weighted by atomic mass is 127. The first-order valence-electron chi connectivity index (χ1n) is 8.01. The molecular weight excluding hydrogens is 438 g/mol. The van der Waals surface area contributed by atoms with Gasteiger partial charge in [0.1, 0.15) is 0 Å². The van der Waals surface area contributed by atoms with Crippen LogP contribution in [0.2, 0.25) is 0 Å². The number of methoxy groups -OCH3 is 2. The molecule has 138 valence electrons. The molecule has 2 rings (SSSR count). The number of hydrogen-bond acceptors (Lipinski definition) is 6. The molecule has 1 fully saturated rings. The summed E-state index contributed by atoms with van der Waals surface area (Å²) in [5.41, 5.74) is -0.247. The molecule has 0 amide bonds. The van der Waals surface area contributed by atoms with Crippen molar-refractivity contribution in [2.45, 2.75) is 51.1 Å². The van der Waals surface area contributed by atoms with Crippen LogP contribution in [0.3, 0.4) is 0 Å². The van der Waals surface area contributed by atoms with Gasteiger partial charge in [-0.3, -0.25) is 4.79 Å². The van der Waals surface area contributed by atoms with Gasteiger partial charge in [-0.1, -0.05) is 0 Å². The Morgan fingerprint density at radius 2 is 1.80 bits per heavy atom. The van der Waals surface area contributed by atoms with Gasteiger partial charge in [-0.05, 0) is 68.0 Å². The Labute approximate surface area is 162 Å². The van der Waals surface area contributed by atoms with Crippen molar-refractivity contribution in [1.82, 2.24) is 0 Å². The predicted octanol–water partition coefficient (Wildman–Crippen LogP) is 3.28. The van der Waals surface area contributed by atoms with Crippen molar-refractivity contribution in [2.75, 3.05) is 14.2 Å². The SMILES string of the molecule is COC(=O)CC(B1OC(C)(C)C(C)(C)O1)c1cc(I)c(O)c(OC)c1. The van der Waals surface area contributed by atoms with Gasteiger partial charge in [0.2, 0.25) is 0 Å². The quantitative estimate of drug-likeness (QED) is 0.412. The molecule has 0 spiro atoms. The van der Waals surface area contributed by atoms with Crippen LogP contribution in [0.15, 0.2) is 12.1 Å². The molecule has 0 aromatic heterocycles. The number of hydrogen-bond donors (Lipinski definition) is 1. The molecule has 0 radical (unpaired) electrons. The minimum absolute atomic E-state index is 0.0672. The van der Waals surface area contributed by atoms with Crippen LogP contribution < -0.4 is 4.74 Å². The number of phenolic OH excluding ortho intramolecular Hbond substituents is 1. The average Bonchev–Trinajstić information content (AvgIpc) is 2.75. The fourth-order valence-electron chi connectivity index (χ4n) is 2.65. The van der Waals surface area contributed by atoms with Gasteiger partial charge in [0.15, 0.2) is 11.5 Å². The number of esters is 1. The smallest absolute Gasteiger partial charge is 0.466 e. The molecule has 1 N–H and O–H groups in total. The van der Waals surface area contributed by atoms with Gasteiger partial charge in [0, 0.05) is 5.82 Å². The van der Waals surface area contributed by atoms with Crippen molar-refractivity contribution in [1.29, 1.82) is 0 Å². The third-order valence-electron chi connectivity index (χ3n) is 4.91. The minimum Gasteiger partial charge on any atom is -0.504 e. The summed E-state index contributed by atoms with van der Waals surface area (Å²) >= 11 is 2.02. The Morgan fingerprint density at radius 1 is 1.24 bits per heavy atom. The molecule has 1 aromatic rings. The van der Waals surface area contributed by atoms with Gasteiger partial charge in [-0.25, -0.2) is 0 Å². The number of halogens is 1. The van der Waals surface area contributed by atoms with Gasteiger partial charge in [0.25, 0.3) is 0 Å². The van der Waals surface area contributed by atoms with Gasteiger partial charge in [-0.2, -0.15) is 0 Å². The summed E-state index contributed by atoms with van der Waals surface area (Å²) in [6, 6.07) is 3.51. The number of ether oxygens (including phenoxy) is 2. The zero-order chi connectivity index (χ0) is 19.0. The van der Waals surface area contributed by atoms with Crippen molar-refractivity contribution in [3.05, 3.63) is 21.3 Å². The third-order valence-corrected chi connectivity index (χ3v) is 5.74. The van der Waals surface area contributed by atoms with Crippen molar-refractivity contribution in [2.24, 2.45) is 0 Å². The van der Waals surface area contributed by atoms with E-state index in [0.29, 0.717) is 9.32 Å². The molecule has 1 aliphatic rings. The highest BCUT2D eigenvalue weighted by Gasteiger charge is 2.54. The molecule has 1 atom stereocenters. The maximum absolute atomic E-state index is 12.0. The summed E-state index contributed by atoms with van der Waals surface area (Å²) in [5.74, 6) is -0.343. The number of benzene rings is 1. The van der Waals surface area contributed by atoms with Gasteiger partial charge >= 0.3 is 13.1 Å². The molecule has 6 nitrogen and oxygen atoms in total. The summed E-state index contributed by atoms with van der Waals surface area (Å²) < 4.78 is 23.0. The maximum Gasteiger partial charge on any atom is 0.466 e. The number of carbonyl (C=O) groups is 1. The molecule has 0 saturated carbocycles. The number of phenols is 1. The van der Waals surface area contributed by atoms with E-state index in [2.05, 4.69) is 0 Å². The molecule has 0 aliphatic carbocycles. The van der Waals surface area contributed by atoms with E-state index < -0.39 is 24.1 Å². The topological polar surface area (TPSA) is 74.2 Å². The van der Waals surface area contributed by atoms with Crippen LogP contribution in [-0.4, -0.2) is 43.6 Å². The summed E-state index contributed by atoms with van der Waals surface area (Å²) in [5, 5.41) is 10.1. The van der Waals surface area contributed by atoms with Crippen LogP contribution in [0.25, 0.3) is 0 Å². The fourth-order valence-corrected chi connectivity index (χ4v) is 3.28. The first kappa shape index (κ1) is 20.3. The Bertz CT molecular complexity index is 645. The van der Waals surface area contributed by atoms with Crippen molar-refractivity contribution in [3.8, 4) is 11.5 Å². The van der Waals surface area contributed by atoms with E-state index in [1.54, 1.807) is 12.1 Å². The molecular formula is C17H24BIO6. The molecule has 0 bridgehead atoms. The van der Waals surface area contributed by atoms with E-state index in [0.717, 1.165) is 5.56 Å². The Balaban J connectivity index is 2.45. The molecule has 25 heavy (non-hydrogen) atoms. The normalized spacial score (nSPS) is 19.6. The number of carbonyl (C=O) groups excluding carboxylic acids is 1. The van der Waals surface area contributed by atoms with Crippen LogP contribution in [0, 0.1) is 3.57 Å². The van der Waals surface area contributed by atoms with Crippen LogP contribution in [-0.2, 0) is 18.8 Å². The Kier molecular flexibility index (Phi) is 5.95. The van der Waals surface area contributed by atoms with Crippen molar-refractivity contribution < 1.29 is 28.7 Å². The Hall–Kier alpha value is -0.995. The van der Waals surface area contributed by atoms with Crippen LogP contribution in [0.5, 0.6) is 11.5 Å². The van der Waals surface area contributed by atoms with Crippen LogP contribution >= 0.6 is 22.6 Å². The second-order valence-corrected chi connectivity index (χ2v) is 8.23. The first-order chi connectivity index (χ1) is 11.5. The third kappa shape index (κ3) is 4.06. The van der Waals surface area contributed by atoms with E-state index in [9.17, 15) is 9.90 Å². The first-order valence-corrected chi connectivity index (χ1v) is 9.09. The summed E-state index contributed by atoms with van der Waals surface area (Å²) in [7, 11) is 2.22. The lowest BCUT2D eigenvalue weighted by Crippen LogP contribution is -2.41. The van der Waals surface area contributed by atoms with Crippen LogP contribution in [0.1, 0.15) is 45.5 Å². The lowest BCUT2D eigenvalue weighted by Gasteiger charge is -2.32. The maximum atomic E-state index is 12.0.